The van der Waals surface area contributed by atoms with Crippen molar-refractivity contribution in [2.45, 2.75) is 26.2 Å². The molecule has 0 bridgehead atoms. The fourth-order valence-electron chi connectivity index (χ4n) is 3.54. The van der Waals surface area contributed by atoms with Crippen molar-refractivity contribution in [3.05, 3.63) is 29.3 Å². The number of rotatable bonds is 2. The number of nitrogens with zero attached hydrogens (tertiary/aromatic N) is 1. The van der Waals surface area contributed by atoms with E-state index in [0.717, 1.165) is 17.4 Å². The molecule has 3 heteroatoms. The van der Waals surface area contributed by atoms with Crippen molar-refractivity contribution in [3.8, 4) is 0 Å². The van der Waals surface area contributed by atoms with E-state index in [1.54, 1.807) is 0 Å². The van der Waals surface area contributed by atoms with Gasteiger partial charge in [-0.3, -0.25) is 0 Å². The van der Waals surface area contributed by atoms with Gasteiger partial charge in [0.15, 0.2) is 0 Å². The third kappa shape index (κ3) is 2.01. The summed E-state index contributed by atoms with van der Waals surface area (Å²) in [5.41, 5.74) is 9.42. The Kier molecular flexibility index (Phi) is 3.02. The Morgan fingerprint density at radius 2 is 1.94 bits per heavy atom. The van der Waals surface area contributed by atoms with Crippen LogP contribution in [0, 0.1) is 18.8 Å². The van der Waals surface area contributed by atoms with E-state index in [1.807, 2.05) is 0 Å². The molecule has 2 atom stereocenters. The Morgan fingerprint density at radius 3 is 2.56 bits per heavy atom. The molecule has 0 amide bonds. The van der Waals surface area contributed by atoms with Gasteiger partial charge in [0.25, 0.3) is 0 Å². The summed E-state index contributed by atoms with van der Waals surface area (Å²) >= 11 is 5.18. The molecule has 2 aliphatic rings. The van der Waals surface area contributed by atoms with Gasteiger partial charge in [0, 0.05) is 24.3 Å². The Bertz CT molecular complexity index is 471. The van der Waals surface area contributed by atoms with Crippen LogP contribution in [-0.2, 0) is 0 Å². The first-order valence-electron chi connectivity index (χ1n) is 6.80. The summed E-state index contributed by atoms with van der Waals surface area (Å²) in [5.74, 6) is 1.79. The molecule has 1 aliphatic heterocycles. The van der Waals surface area contributed by atoms with Crippen LogP contribution in [0.15, 0.2) is 18.2 Å². The lowest BCUT2D eigenvalue weighted by Gasteiger charge is -2.23. The molecule has 2 fully saturated rings. The van der Waals surface area contributed by atoms with E-state index in [9.17, 15) is 0 Å². The number of thiocarbonyl (C=S) groups is 1. The first-order chi connectivity index (χ1) is 8.65. The van der Waals surface area contributed by atoms with Gasteiger partial charge in [-0.15, -0.1) is 0 Å². The second-order valence-electron chi connectivity index (χ2n) is 5.74. The lowest BCUT2D eigenvalue weighted by atomic mass is 10.0. The third-order valence-corrected chi connectivity index (χ3v) is 4.71. The molecule has 0 radical (unpaired) electrons. The number of hydrogen-bond acceptors (Lipinski definition) is 2. The zero-order valence-electron chi connectivity index (χ0n) is 10.9. The molecule has 0 spiro atoms. The van der Waals surface area contributed by atoms with Crippen molar-refractivity contribution in [2.24, 2.45) is 17.6 Å². The molecule has 3 rings (SSSR count). The highest BCUT2D eigenvalue weighted by Crippen LogP contribution is 2.40. The molecule has 96 valence electrons. The maximum Gasteiger partial charge on any atom is 0.106 e. The van der Waals surface area contributed by atoms with Gasteiger partial charge < -0.3 is 10.6 Å². The summed E-state index contributed by atoms with van der Waals surface area (Å²) < 4.78 is 0. The van der Waals surface area contributed by atoms with E-state index in [1.165, 1.54) is 43.6 Å². The highest BCUT2D eigenvalue weighted by molar-refractivity contribution is 7.80. The summed E-state index contributed by atoms with van der Waals surface area (Å²) in [6.45, 7) is 4.50. The number of aryl methyl sites for hydroxylation is 1. The number of nitrogens with two attached hydrogens (primary N) is 1. The van der Waals surface area contributed by atoms with Crippen molar-refractivity contribution < 1.29 is 0 Å². The van der Waals surface area contributed by atoms with Crippen LogP contribution in [0.3, 0.4) is 0 Å². The van der Waals surface area contributed by atoms with Crippen LogP contribution < -0.4 is 10.6 Å². The first-order valence-corrected chi connectivity index (χ1v) is 7.21. The monoisotopic (exact) mass is 260 g/mol. The Hall–Kier alpha value is -1.09. The molecule has 1 aromatic rings. The van der Waals surface area contributed by atoms with Gasteiger partial charge in [0.1, 0.15) is 4.99 Å². The number of hydrogen-bond donors (Lipinski definition) is 1. The number of benzene rings is 1. The highest BCUT2D eigenvalue weighted by atomic mass is 32.1. The summed E-state index contributed by atoms with van der Waals surface area (Å²) in [6, 6.07) is 6.39. The minimum absolute atomic E-state index is 0.516. The Balaban J connectivity index is 1.92. The lowest BCUT2D eigenvalue weighted by Crippen LogP contribution is -2.24. The molecule has 0 aromatic heterocycles. The molecule has 1 saturated carbocycles. The molecular weight excluding hydrogens is 240 g/mol. The molecule has 2 N–H and O–H groups in total. The zero-order chi connectivity index (χ0) is 12.7. The predicted molar refractivity (Wildman–Crippen MR) is 80.1 cm³/mol. The SMILES string of the molecule is Cc1ccc(C(N)=S)c(N2CC3CCCC3C2)c1. The minimum Gasteiger partial charge on any atom is -0.389 e. The van der Waals surface area contributed by atoms with Crippen molar-refractivity contribution in [1.29, 1.82) is 0 Å². The highest BCUT2D eigenvalue weighted by Gasteiger charge is 2.36. The standard InChI is InChI=1S/C15H20N2S/c1-10-5-6-13(15(16)18)14(7-10)17-8-11-3-2-4-12(11)9-17/h5-7,11-12H,2-4,8-9H2,1H3,(H2,16,18). The van der Waals surface area contributed by atoms with Crippen LogP contribution in [0.5, 0.6) is 0 Å². The third-order valence-electron chi connectivity index (χ3n) is 4.49. The number of anilines is 1. The van der Waals surface area contributed by atoms with Gasteiger partial charge in [-0.25, -0.2) is 0 Å². The second kappa shape index (κ2) is 4.54. The summed E-state index contributed by atoms with van der Waals surface area (Å²) in [6.07, 6.45) is 4.21. The molecule has 2 nitrogen and oxygen atoms in total. The topological polar surface area (TPSA) is 29.3 Å². The van der Waals surface area contributed by atoms with Gasteiger partial charge in [0.2, 0.25) is 0 Å². The molecular formula is C15H20N2S. The smallest absolute Gasteiger partial charge is 0.106 e. The molecule has 18 heavy (non-hydrogen) atoms. The number of fused-ring (bicyclic) bond motifs is 1. The van der Waals surface area contributed by atoms with Crippen molar-refractivity contribution in [2.75, 3.05) is 18.0 Å². The normalized spacial score (nSPS) is 26.4. The average Bonchev–Trinajstić information content (AvgIpc) is 2.88. The van der Waals surface area contributed by atoms with E-state index in [4.69, 9.17) is 18.0 Å². The van der Waals surface area contributed by atoms with E-state index < -0.39 is 0 Å². The fraction of sp³-hybridized carbons (Fsp3) is 0.533. The maximum absolute atomic E-state index is 5.85. The Labute approximate surface area is 114 Å². The molecule has 1 heterocycles. The zero-order valence-corrected chi connectivity index (χ0v) is 11.7. The van der Waals surface area contributed by atoms with Gasteiger partial charge >= 0.3 is 0 Å². The first kappa shape index (κ1) is 12.0. The van der Waals surface area contributed by atoms with Gasteiger partial charge in [-0.05, 0) is 49.3 Å². The van der Waals surface area contributed by atoms with Crippen molar-refractivity contribution in [3.63, 3.8) is 0 Å². The van der Waals surface area contributed by atoms with Crippen LogP contribution in [0.2, 0.25) is 0 Å². The molecule has 1 saturated heterocycles. The van der Waals surface area contributed by atoms with E-state index in [-0.39, 0.29) is 0 Å². The maximum atomic E-state index is 5.85. The van der Waals surface area contributed by atoms with Crippen LogP contribution in [0.1, 0.15) is 30.4 Å². The summed E-state index contributed by atoms with van der Waals surface area (Å²) in [5, 5.41) is 0. The van der Waals surface area contributed by atoms with Gasteiger partial charge in [0.05, 0.1) is 0 Å². The second-order valence-corrected chi connectivity index (χ2v) is 6.18. The predicted octanol–water partition coefficient (Wildman–Crippen LogP) is 2.87. The lowest BCUT2D eigenvalue weighted by molar-refractivity contribution is 0.494. The summed E-state index contributed by atoms with van der Waals surface area (Å²) in [4.78, 5) is 3.01. The van der Waals surface area contributed by atoms with E-state index in [0.29, 0.717) is 4.99 Å². The average molecular weight is 260 g/mol. The Morgan fingerprint density at radius 1 is 1.28 bits per heavy atom. The van der Waals surface area contributed by atoms with Crippen molar-refractivity contribution in [1.82, 2.24) is 0 Å². The van der Waals surface area contributed by atoms with Crippen molar-refractivity contribution >= 4 is 22.9 Å². The molecule has 1 aromatic carbocycles. The van der Waals surface area contributed by atoms with Gasteiger partial charge in [-0.2, -0.15) is 0 Å². The van der Waals surface area contributed by atoms with Gasteiger partial charge in [-0.1, -0.05) is 24.7 Å². The van der Waals surface area contributed by atoms with Crippen LogP contribution in [0.4, 0.5) is 5.69 Å². The summed E-state index contributed by atoms with van der Waals surface area (Å²) in [7, 11) is 0. The molecule has 2 unspecified atom stereocenters. The quantitative estimate of drug-likeness (QED) is 0.829. The molecule has 1 aliphatic carbocycles. The van der Waals surface area contributed by atoms with E-state index in [2.05, 4.69) is 30.0 Å². The fourth-order valence-corrected chi connectivity index (χ4v) is 3.72. The minimum atomic E-state index is 0.516. The largest absolute Gasteiger partial charge is 0.389 e. The van der Waals surface area contributed by atoms with E-state index >= 15 is 0 Å². The van der Waals surface area contributed by atoms with Crippen LogP contribution in [-0.4, -0.2) is 18.1 Å². The van der Waals surface area contributed by atoms with Crippen LogP contribution in [0.25, 0.3) is 0 Å². The van der Waals surface area contributed by atoms with Crippen LogP contribution >= 0.6 is 12.2 Å².